The van der Waals surface area contributed by atoms with Crippen molar-refractivity contribution in [1.82, 2.24) is 9.38 Å². The van der Waals surface area contributed by atoms with Crippen LogP contribution in [0.5, 0.6) is 0 Å². The summed E-state index contributed by atoms with van der Waals surface area (Å²) in [7, 11) is -2.87. The molecule has 1 atom stereocenters. The van der Waals surface area contributed by atoms with Crippen LogP contribution in [-0.2, 0) is 4.57 Å². The molecule has 3 nitrogen and oxygen atoms in total. The van der Waals surface area contributed by atoms with Gasteiger partial charge in [0.05, 0.1) is 16.6 Å². The Hall–Kier alpha value is -5.50. The smallest absolute Gasteiger partial charge is 0.146 e. The van der Waals surface area contributed by atoms with Crippen LogP contribution in [0.1, 0.15) is 0 Å². The number of imidazole rings is 1. The van der Waals surface area contributed by atoms with Crippen molar-refractivity contribution >= 4 is 66.9 Å². The molecule has 0 radical (unpaired) electrons. The van der Waals surface area contributed by atoms with E-state index in [-0.39, 0.29) is 0 Å². The second-order valence-electron chi connectivity index (χ2n) is 12.1. The predicted octanol–water partition coefficient (Wildman–Crippen LogP) is 10.2. The van der Waals surface area contributed by atoms with Crippen LogP contribution in [0.4, 0.5) is 0 Å². The molecule has 9 aromatic rings. The third kappa shape index (κ3) is 4.13. The van der Waals surface area contributed by atoms with Gasteiger partial charge in [0.25, 0.3) is 0 Å². The summed E-state index contributed by atoms with van der Waals surface area (Å²) in [6, 6.07) is 54.8. The van der Waals surface area contributed by atoms with Crippen LogP contribution < -0.4 is 10.6 Å². The summed E-state index contributed by atoms with van der Waals surface area (Å²) in [5.74, 6) is 0. The summed E-state index contributed by atoms with van der Waals surface area (Å²) in [5.41, 5.74) is 8.72. The first-order valence-corrected chi connectivity index (χ1v) is 17.7. The first kappa shape index (κ1) is 26.9. The Morgan fingerprint density at radius 2 is 1.09 bits per heavy atom. The number of fused-ring (bicyclic) bond motifs is 10. The van der Waals surface area contributed by atoms with Crippen LogP contribution in [0.15, 0.2) is 158 Å². The second kappa shape index (κ2) is 10.3. The van der Waals surface area contributed by atoms with E-state index in [1.54, 1.807) is 0 Å². The number of hydrogen-bond donors (Lipinski definition) is 0. The topological polar surface area (TPSA) is 34.4 Å². The van der Waals surface area contributed by atoms with Crippen molar-refractivity contribution in [1.29, 1.82) is 0 Å². The molecular weight excluding hydrogens is 579 g/mol. The molecule has 9 rings (SSSR count). The predicted molar refractivity (Wildman–Crippen MR) is 195 cm³/mol. The highest BCUT2D eigenvalue weighted by Gasteiger charge is 2.23. The molecule has 0 fully saturated rings. The van der Waals surface area contributed by atoms with Gasteiger partial charge in [0.2, 0.25) is 0 Å². The third-order valence-electron chi connectivity index (χ3n) is 9.39. The molecule has 7 aromatic carbocycles. The van der Waals surface area contributed by atoms with E-state index >= 15 is 0 Å². The summed E-state index contributed by atoms with van der Waals surface area (Å²) in [5, 5.41) is 7.22. The van der Waals surface area contributed by atoms with Gasteiger partial charge in [-0.15, -0.1) is 0 Å². The van der Waals surface area contributed by atoms with Crippen LogP contribution in [0.2, 0.25) is 0 Å². The summed E-state index contributed by atoms with van der Waals surface area (Å²) < 4.78 is 16.8. The number of benzene rings is 7. The van der Waals surface area contributed by atoms with Gasteiger partial charge in [-0.25, -0.2) is 4.98 Å². The van der Waals surface area contributed by atoms with Crippen molar-refractivity contribution in [3.63, 3.8) is 0 Å². The summed E-state index contributed by atoms with van der Waals surface area (Å²) >= 11 is 0. The minimum Gasteiger partial charge on any atom is -0.314 e. The number of nitrogens with zero attached hydrogens (tertiary/aromatic N) is 2. The zero-order chi connectivity index (χ0) is 30.8. The van der Waals surface area contributed by atoms with Gasteiger partial charge in [-0.1, -0.05) is 127 Å². The maximum absolute atomic E-state index is 14.5. The SMILES string of the molecule is CP(=O)(c1ccc(-c2ccccc2)cc1)c1ccc2c(c1)c1ccccc1n1c3ccc4cc(-c5ccccc5)ccc4c3nc21. The molecule has 218 valence electrons. The summed E-state index contributed by atoms with van der Waals surface area (Å²) in [6.07, 6.45) is 0. The molecule has 0 aliphatic carbocycles. The molecule has 0 spiro atoms. The Morgan fingerprint density at radius 3 is 1.85 bits per heavy atom. The second-order valence-corrected chi connectivity index (χ2v) is 15.0. The lowest BCUT2D eigenvalue weighted by atomic mass is 10.0. The van der Waals surface area contributed by atoms with Crippen molar-refractivity contribution in [2.75, 3.05) is 6.66 Å². The molecule has 0 amide bonds. The molecule has 46 heavy (non-hydrogen) atoms. The van der Waals surface area contributed by atoms with Crippen LogP contribution >= 0.6 is 7.14 Å². The molecule has 0 N–H and O–H groups in total. The number of para-hydroxylation sites is 1. The van der Waals surface area contributed by atoms with Gasteiger partial charge in [0.1, 0.15) is 12.8 Å². The average Bonchev–Trinajstić information content (AvgIpc) is 3.53. The first-order valence-electron chi connectivity index (χ1n) is 15.6. The van der Waals surface area contributed by atoms with Gasteiger partial charge in [-0.3, -0.25) is 4.40 Å². The number of aromatic nitrogens is 2. The monoisotopic (exact) mass is 608 g/mol. The van der Waals surface area contributed by atoms with Gasteiger partial charge in [-0.2, -0.15) is 0 Å². The van der Waals surface area contributed by atoms with E-state index in [9.17, 15) is 4.57 Å². The molecule has 1 unspecified atom stereocenters. The van der Waals surface area contributed by atoms with E-state index in [0.29, 0.717) is 0 Å². The molecule has 0 aliphatic heterocycles. The Bertz CT molecular complexity index is 2660. The maximum atomic E-state index is 14.5. The lowest BCUT2D eigenvalue weighted by Crippen LogP contribution is -2.15. The standard InChI is InChI=1S/C42H29N2OP/c1-46(45,33-20-16-30(17-21-33)28-10-4-2-5-11-28)34-22-24-37-38(27-34)36-14-8-9-15-39(36)44-40-25-19-32-26-31(29-12-6-3-7-13-29)18-23-35(32)41(40)43-42(37)44/h2-27H,1H3. The van der Waals surface area contributed by atoms with E-state index in [1.165, 1.54) is 16.5 Å². The largest absolute Gasteiger partial charge is 0.314 e. The van der Waals surface area contributed by atoms with Crippen LogP contribution in [-0.4, -0.2) is 16.0 Å². The van der Waals surface area contributed by atoms with Crippen molar-refractivity contribution in [2.45, 2.75) is 0 Å². The highest BCUT2D eigenvalue weighted by Crippen LogP contribution is 2.42. The number of pyridine rings is 1. The molecule has 2 aromatic heterocycles. The van der Waals surface area contributed by atoms with E-state index in [0.717, 1.165) is 65.5 Å². The van der Waals surface area contributed by atoms with Crippen molar-refractivity contribution in [3.05, 3.63) is 158 Å². The molecule has 4 heteroatoms. The van der Waals surface area contributed by atoms with E-state index in [4.69, 9.17) is 4.98 Å². The zero-order valence-electron chi connectivity index (χ0n) is 25.3. The average molecular weight is 609 g/mol. The molecular formula is C42H29N2OP. The Labute approximate surface area is 266 Å². The van der Waals surface area contributed by atoms with Crippen LogP contribution in [0.3, 0.4) is 0 Å². The fourth-order valence-electron chi connectivity index (χ4n) is 6.93. The minimum absolute atomic E-state index is 0.844. The Balaban J connectivity index is 1.22. The van der Waals surface area contributed by atoms with Gasteiger partial charge >= 0.3 is 0 Å². The summed E-state index contributed by atoms with van der Waals surface area (Å²) in [4.78, 5) is 5.31. The van der Waals surface area contributed by atoms with Crippen molar-refractivity contribution < 1.29 is 4.57 Å². The number of rotatable bonds is 4. The van der Waals surface area contributed by atoms with E-state index < -0.39 is 7.14 Å². The van der Waals surface area contributed by atoms with E-state index in [1.807, 2.05) is 49.1 Å². The zero-order valence-corrected chi connectivity index (χ0v) is 26.2. The maximum Gasteiger partial charge on any atom is 0.146 e. The molecule has 0 saturated heterocycles. The van der Waals surface area contributed by atoms with Gasteiger partial charge in [0.15, 0.2) is 0 Å². The highest BCUT2D eigenvalue weighted by molar-refractivity contribution is 7.78. The fourth-order valence-corrected chi connectivity index (χ4v) is 8.69. The van der Waals surface area contributed by atoms with Gasteiger partial charge < -0.3 is 4.57 Å². The fraction of sp³-hybridized carbons (Fsp3) is 0.0238. The molecule has 0 saturated carbocycles. The lowest BCUT2D eigenvalue weighted by Gasteiger charge is -2.17. The molecule has 0 bridgehead atoms. The molecule has 0 aliphatic rings. The van der Waals surface area contributed by atoms with Gasteiger partial charge in [0, 0.05) is 26.8 Å². The van der Waals surface area contributed by atoms with Crippen molar-refractivity contribution in [2.24, 2.45) is 0 Å². The lowest BCUT2D eigenvalue weighted by molar-refractivity contribution is 0.590. The quantitative estimate of drug-likeness (QED) is 0.147. The van der Waals surface area contributed by atoms with Crippen LogP contribution in [0.25, 0.3) is 71.4 Å². The molecule has 2 heterocycles. The first-order chi connectivity index (χ1) is 22.6. The third-order valence-corrected chi connectivity index (χ3v) is 11.9. The van der Waals surface area contributed by atoms with Crippen LogP contribution in [0, 0.1) is 0 Å². The Morgan fingerprint density at radius 1 is 0.478 bits per heavy atom. The number of hydrogen-bond acceptors (Lipinski definition) is 2. The summed E-state index contributed by atoms with van der Waals surface area (Å²) in [6.45, 7) is 1.88. The minimum atomic E-state index is -2.87. The van der Waals surface area contributed by atoms with E-state index in [2.05, 4.69) is 120 Å². The van der Waals surface area contributed by atoms with Gasteiger partial charge in [-0.05, 0) is 70.0 Å². The normalized spacial score (nSPS) is 13.2. The van der Waals surface area contributed by atoms with Crippen molar-refractivity contribution in [3.8, 4) is 22.3 Å². The Kier molecular flexibility index (Phi) is 6.00. The highest BCUT2D eigenvalue weighted by atomic mass is 31.2.